The van der Waals surface area contributed by atoms with E-state index in [1.165, 1.54) is 0 Å². The van der Waals surface area contributed by atoms with Crippen molar-refractivity contribution in [2.75, 3.05) is 19.7 Å². The molecule has 0 saturated carbocycles. The van der Waals surface area contributed by atoms with Crippen LogP contribution in [0.4, 0.5) is 0 Å². The first-order chi connectivity index (χ1) is 8.43. The molecule has 1 aliphatic rings. The van der Waals surface area contributed by atoms with Crippen molar-refractivity contribution >= 4 is 0 Å². The predicted molar refractivity (Wildman–Crippen MR) is 72.8 cm³/mol. The summed E-state index contributed by atoms with van der Waals surface area (Å²) in [6.07, 6.45) is 3.63. The van der Waals surface area contributed by atoms with Crippen molar-refractivity contribution in [2.24, 2.45) is 0 Å². The standard InChI is InChI=1S/C14H29NO3/c1-5-6-15-9-14(4,16)10-17-13-7-11(2)18-12(3)8-13/h11-13,15-16H,5-10H2,1-4H3. The van der Waals surface area contributed by atoms with Gasteiger partial charge in [0.15, 0.2) is 0 Å². The smallest absolute Gasteiger partial charge is 0.0975 e. The minimum Gasteiger partial charge on any atom is -0.386 e. The summed E-state index contributed by atoms with van der Waals surface area (Å²) in [5.41, 5.74) is -0.792. The number of aliphatic hydroxyl groups is 1. The van der Waals surface area contributed by atoms with Gasteiger partial charge in [-0.15, -0.1) is 0 Å². The monoisotopic (exact) mass is 259 g/mol. The molecule has 0 aliphatic carbocycles. The van der Waals surface area contributed by atoms with Gasteiger partial charge in [0.05, 0.1) is 30.5 Å². The fourth-order valence-electron chi connectivity index (χ4n) is 2.36. The van der Waals surface area contributed by atoms with Crippen LogP contribution < -0.4 is 5.32 Å². The Morgan fingerprint density at radius 2 is 1.94 bits per heavy atom. The quantitative estimate of drug-likeness (QED) is 0.683. The third-order valence-electron chi connectivity index (χ3n) is 3.22. The second-order valence-electron chi connectivity index (χ2n) is 5.84. The van der Waals surface area contributed by atoms with Gasteiger partial charge in [0.2, 0.25) is 0 Å². The lowest BCUT2D eigenvalue weighted by Gasteiger charge is -2.34. The molecule has 18 heavy (non-hydrogen) atoms. The van der Waals surface area contributed by atoms with Gasteiger partial charge in [0.25, 0.3) is 0 Å². The Balaban J connectivity index is 2.25. The third kappa shape index (κ3) is 6.14. The zero-order chi connectivity index (χ0) is 13.6. The molecule has 1 saturated heterocycles. The van der Waals surface area contributed by atoms with Crippen LogP contribution in [0.1, 0.15) is 47.0 Å². The van der Waals surface area contributed by atoms with Crippen LogP contribution in [0, 0.1) is 0 Å². The highest BCUT2D eigenvalue weighted by molar-refractivity contribution is 4.78. The van der Waals surface area contributed by atoms with Gasteiger partial charge < -0.3 is 19.9 Å². The summed E-state index contributed by atoms with van der Waals surface area (Å²) in [6, 6.07) is 0. The largest absolute Gasteiger partial charge is 0.386 e. The zero-order valence-electron chi connectivity index (χ0n) is 12.2. The van der Waals surface area contributed by atoms with Gasteiger partial charge in [0.1, 0.15) is 0 Å². The second-order valence-corrected chi connectivity index (χ2v) is 5.84. The molecule has 3 atom stereocenters. The average Bonchev–Trinajstić information content (AvgIpc) is 2.25. The molecule has 1 aliphatic heterocycles. The van der Waals surface area contributed by atoms with Gasteiger partial charge in [-0.3, -0.25) is 0 Å². The fourth-order valence-corrected chi connectivity index (χ4v) is 2.36. The van der Waals surface area contributed by atoms with Crippen molar-refractivity contribution in [3.05, 3.63) is 0 Å². The van der Waals surface area contributed by atoms with Crippen LogP contribution in [0.5, 0.6) is 0 Å². The summed E-state index contributed by atoms with van der Waals surface area (Å²) < 4.78 is 11.5. The first-order valence-corrected chi connectivity index (χ1v) is 7.13. The van der Waals surface area contributed by atoms with Crippen molar-refractivity contribution in [1.29, 1.82) is 0 Å². The maximum absolute atomic E-state index is 10.2. The van der Waals surface area contributed by atoms with Crippen molar-refractivity contribution in [1.82, 2.24) is 5.32 Å². The molecule has 0 radical (unpaired) electrons. The van der Waals surface area contributed by atoms with E-state index in [0.29, 0.717) is 13.2 Å². The summed E-state index contributed by atoms with van der Waals surface area (Å²) in [7, 11) is 0. The van der Waals surface area contributed by atoms with Gasteiger partial charge >= 0.3 is 0 Å². The van der Waals surface area contributed by atoms with E-state index < -0.39 is 5.60 Å². The number of ether oxygens (including phenoxy) is 2. The van der Waals surface area contributed by atoms with Crippen LogP contribution in [0.15, 0.2) is 0 Å². The summed E-state index contributed by atoms with van der Waals surface area (Å²) in [5, 5.41) is 13.4. The van der Waals surface area contributed by atoms with Crippen molar-refractivity contribution in [3.63, 3.8) is 0 Å². The second kappa shape index (κ2) is 7.43. The van der Waals surface area contributed by atoms with E-state index in [4.69, 9.17) is 9.47 Å². The molecule has 108 valence electrons. The summed E-state index contributed by atoms with van der Waals surface area (Å²) in [4.78, 5) is 0. The molecular weight excluding hydrogens is 230 g/mol. The van der Waals surface area contributed by atoms with Gasteiger partial charge in [-0.25, -0.2) is 0 Å². The minimum absolute atomic E-state index is 0.210. The van der Waals surface area contributed by atoms with E-state index in [1.54, 1.807) is 0 Å². The van der Waals surface area contributed by atoms with E-state index in [9.17, 15) is 5.11 Å². The van der Waals surface area contributed by atoms with E-state index >= 15 is 0 Å². The molecule has 0 spiro atoms. The molecule has 4 heteroatoms. The van der Waals surface area contributed by atoms with Crippen LogP contribution in [0.25, 0.3) is 0 Å². The number of rotatable bonds is 7. The number of nitrogens with one attached hydrogen (secondary N) is 1. The van der Waals surface area contributed by atoms with Crippen LogP contribution in [0.3, 0.4) is 0 Å². The summed E-state index contributed by atoms with van der Waals surface area (Å²) in [5.74, 6) is 0. The Labute approximate surface area is 111 Å². The highest BCUT2D eigenvalue weighted by Crippen LogP contribution is 2.22. The minimum atomic E-state index is -0.792. The molecule has 4 nitrogen and oxygen atoms in total. The summed E-state index contributed by atoms with van der Waals surface area (Å²) >= 11 is 0. The zero-order valence-corrected chi connectivity index (χ0v) is 12.2. The predicted octanol–water partition coefficient (Wildman–Crippen LogP) is 1.71. The van der Waals surface area contributed by atoms with E-state index in [2.05, 4.69) is 26.1 Å². The Morgan fingerprint density at radius 1 is 1.33 bits per heavy atom. The molecule has 0 aromatic carbocycles. The van der Waals surface area contributed by atoms with Crippen LogP contribution in [-0.4, -0.2) is 48.7 Å². The molecule has 0 amide bonds. The molecule has 3 unspecified atom stereocenters. The lowest BCUT2D eigenvalue weighted by molar-refractivity contribution is -0.128. The average molecular weight is 259 g/mol. The van der Waals surface area contributed by atoms with Gasteiger partial charge in [-0.2, -0.15) is 0 Å². The van der Waals surface area contributed by atoms with Crippen molar-refractivity contribution < 1.29 is 14.6 Å². The third-order valence-corrected chi connectivity index (χ3v) is 3.22. The lowest BCUT2D eigenvalue weighted by Crippen LogP contribution is -2.44. The van der Waals surface area contributed by atoms with Gasteiger partial charge in [-0.1, -0.05) is 6.92 Å². The highest BCUT2D eigenvalue weighted by atomic mass is 16.5. The Morgan fingerprint density at radius 3 is 2.50 bits per heavy atom. The molecule has 0 aromatic rings. The molecule has 0 bridgehead atoms. The van der Waals surface area contributed by atoms with Crippen LogP contribution >= 0.6 is 0 Å². The first-order valence-electron chi connectivity index (χ1n) is 7.13. The maximum Gasteiger partial charge on any atom is 0.0975 e. The Hall–Kier alpha value is -0.160. The normalized spacial score (nSPS) is 32.2. The highest BCUT2D eigenvalue weighted by Gasteiger charge is 2.28. The van der Waals surface area contributed by atoms with E-state index in [1.807, 2.05) is 6.92 Å². The molecular formula is C14H29NO3. The Bertz CT molecular complexity index is 223. The molecule has 1 fully saturated rings. The number of hydrogen-bond acceptors (Lipinski definition) is 4. The SMILES string of the molecule is CCCNCC(C)(O)COC1CC(C)OC(C)C1. The van der Waals surface area contributed by atoms with Crippen LogP contribution in [0.2, 0.25) is 0 Å². The molecule has 2 N–H and O–H groups in total. The van der Waals surface area contributed by atoms with Crippen molar-refractivity contribution in [3.8, 4) is 0 Å². The van der Waals surface area contributed by atoms with Crippen LogP contribution in [-0.2, 0) is 9.47 Å². The topological polar surface area (TPSA) is 50.7 Å². The summed E-state index contributed by atoms with van der Waals surface area (Å²) in [6.45, 7) is 9.98. The van der Waals surface area contributed by atoms with E-state index in [-0.39, 0.29) is 18.3 Å². The molecule has 1 rings (SSSR count). The molecule has 0 aromatic heterocycles. The van der Waals surface area contributed by atoms with Crippen molar-refractivity contribution in [2.45, 2.75) is 70.9 Å². The maximum atomic E-state index is 10.2. The van der Waals surface area contributed by atoms with E-state index in [0.717, 1.165) is 25.8 Å². The fraction of sp³-hybridized carbons (Fsp3) is 1.00. The molecule has 1 heterocycles. The first kappa shape index (κ1) is 15.9. The lowest BCUT2D eigenvalue weighted by atomic mass is 10.0. The Kier molecular flexibility index (Phi) is 6.57. The number of hydrogen-bond donors (Lipinski definition) is 2. The van der Waals surface area contributed by atoms with Gasteiger partial charge in [0, 0.05) is 6.54 Å². The van der Waals surface area contributed by atoms with Gasteiger partial charge in [-0.05, 0) is 46.6 Å².